The SMILES string of the molecule is COCC(N)C(=O)NCCc1cccc(C(=O)OC)c1.Cl. The van der Waals surface area contributed by atoms with Gasteiger partial charge in [-0.25, -0.2) is 4.79 Å². The fraction of sp³-hybridized carbons (Fsp3) is 0.429. The second-order valence-corrected chi connectivity index (χ2v) is 4.29. The molecule has 1 amide bonds. The Hall–Kier alpha value is -1.63. The van der Waals surface area contributed by atoms with E-state index in [4.69, 9.17) is 10.5 Å². The van der Waals surface area contributed by atoms with E-state index in [1.807, 2.05) is 6.07 Å². The standard InChI is InChI=1S/C14H20N2O4.ClH/c1-19-9-12(15)13(17)16-7-6-10-4-3-5-11(8-10)14(18)20-2;/h3-5,8,12H,6-7,9,15H2,1-2H3,(H,16,17);1H. The lowest BCUT2D eigenvalue weighted by atomic mass is 10.1. The van der Waals surface area contributed by atoms with Crippen LogP contribution >= 0.6 is 12.4 Å². The zero-order chi connectivity index (χ0) is 15.0. The third-order valence-electron chi connectivity index (χ3n) is 2.74. The van der Waals surface area contributed by atoms with E-state index in [0.29, 0.717) is 18.5 Å². The summed E-state index contributed by atoms with van der Waals surface area (Å²) in [4.78, 5) is 22.9. The van der Waals surface area contributed by atoms with Crippen LogP contribution in [0.15, 0.2) is 24.3 Å². The summed E-state index contributed by atoms with van der Waals surface area (Å²) in [6, 6.07) is 6.42. The molecule has 0 saturated heterocycles. The summed E-state index contributed by atoms with van der Waals surface area (Å²) < 4.78 is 9.46. The molecular formula is C14H21ClN2O4. The van der Waals surface area contributed by atoms with Gasteiger partial charge in [0, 0.05) is 13.7 Å². The van der Waals surface area contributed by atoms with Crippen molar-refractivity contribution in [3.05, 3.63) is 35.4 Å². The number of amides is 1. The fourth-order valence-corrected chi connectivity index (χ4v) is 1.69. The minimum Gasteiger partial charge on any atom is -0.465 e. The monoisotopic (exact) mass is 316 g/mol. The van der Waals surface area contributed by atoms with Crippen LogP contribution < -0.4 is 11.1 Å². The number of carbonyl (C=O) groups is 2. The molecule has 1 aromatic rings. The van der Waals surface area contributed by atoms with Crippen molar-refractivity contribution in [2.75, 3.05) is 27.4 Å². The molecular weight excluding hydrogens is 296 g/mol. The predicted molar refractivity (Wildman–Crippen MR) is 81.6 cm³/mol. The van der Waals surface area contributed by atoms with E-state index >= 15 is 0 Å². The number of carbonyl (C=O) groups excluding carboxylic acids is 2. The lowest BCUT2D eigenvalue weighted by molar-refractivity contribution is -0.123. The Kier molecular flexibility index (Phi) is 9.36. The second kappa shape index (κ2) is 10.1. The van der Waals surface area contributed by atoms with Crippen LogP contribution in [-0.4, -0.2) is 45.3 Å². The van der Waals surface area contributed by atoms with Gasteiger partial charge in [-0.05, 0) is 24.1 Å². The van der Waals surface area contributed by atoms with Gasteiger partial charge in [-0.1, -0.05) is 12.1 Å². The molecule has 0 spiro atoms. The number of ether oxygens (including phenoxy) is 2. The van der Waals surface area contributed by atoms with Crippen LogP contribution in [0.5, 0.6) is 0 Å². The molecule has 0 aromatic heterocycles. The van der Waals surface area contributed by atoms with Crippen molar-refractivity contribution < 1.29 is 19.1 Å². The van der Waals surface area contributed by atoms with E-state index in [-0.39, 0.29) is 30.9 Å². The first-order valence-electron chi connectivity index (χ1n) is 6.28. The van der Waals surface area contributed by atoms with Crippen molar-refractivity contribution in [1.82, 2.24) is 5.32 Å². The number of rotatable bonds is 7. The maximum absolute atomic E-state index is 11.6. The average molecular weight is 317 g/mol. The molecule has 0 heterocycles. The molecule has 21 heavy (non-hydrogen) atoms. The van der Waals surface area contributed by atoms with Gasteiger partial charge in [-0.15, -0.1) is 12.4 Å². The van der Waals surface area contributed by atoms with Crippen LogP contribution in [-0.2, 0) is 20.7 Å². The van der Waals surface area contributed by atoms with Gasteiger partial charge in [0.15, 0.2) is 0 Å². The van der Waals surface area contributed by atoms with Gasteiger partial charge in [-0.3, -0.25) is 4.79 Å². The number of nitrogens with one attached hydrogen (secondary N) is 1. The van der Waals surface area contributed by atoms with Gasteiger partial charge in [-0.2, -0.15) is 0 Å². The van der Waals surface area contributed by atoms with Crippen LogP contribution in [0, 0.1) is 0 Å². The summed E-state index contributed by atoms with van der Waals surface area (Å²) in [7, 11) is 2.83. The maximum atomic E-state index is 11.6. The molecule has 0 radical (unpaired) electrons. The summed E-state index contributed by atoms with van der Waals surface area (Å²) in [5.41, 5.74) is 7.02. The lowest BCUT2D eigenvalue weighted by Gasteiger charge is -2.11. The highest BCUT2D eigenvalue weighted by atomic mass is 35.5. The van der Waals surface area contributed by atoms with Crippen molar-refractivity contribution in [1.29, 1.82) is 0 Å². The smallest absolute Gasteiger partial charge is 0.337 e. The fourth-order valence-electron chi connectivity index (χ4n) is 1.69. The number of hydrogen-bond acceptors (Lipinski definition) is 5. The summed E-state index contributed by atoms with van der Waals surface area (Å²) in [6.45, 7) is 0.629. The van der Waals surface area contributed by atoms with E-state index in [2.05, 4.69) is 10.1 Å². The Morgan fingerprint density at radius 1 is 1.33 bits per heavy atom. The summed E-state index contributed by atoms with van der Waals surface area (Å²) in [5, 5.41) is 2.72. The molecule has 1 unspecified atom stereocenters. The van der Waals surface area contributed by atoms with Gasteiger partial charge in [0.05, 0.1) is 19.3 Å². The Morgan fingerprint density at radius 3 is 2.67 bits per heavy atom. The van der Waals surface area contributed by atoms with Crippen molar-refractivity contribution in [3.63, 3.8) is 0 Å². The Morgan fingerprint density at radius 2 is 2.05 bits per heavy atom. The van der Waals surface area contributed by atoms with E-state index in [1.54, 1.807) is 18.2 Å². The Balaban J connectivity index is 0.00000400. The largest absolute Gasteiger partial charge is 0.465 e. The Labute approximate surface area is 130 Å². The molecule has 1 atom stereocenters. The summed E-state index contributed by atoms with van der Waals surface area (Å²) in [6.07, 6.45) is 0.607. The third-order valence-corrected chi connectivity index (χ3v) is 2.74. The van der Waals surface area contributed by atoms with E-state index < -0.39 is 6.04 Å². The number of esters is 1. The normalized spacial score (nSPS) is 11.2. The van der Waals surface area contributed by atoms with Crippen molar-refractivity contribution in [3.8, 4) is 0 Å². The maximum Gasteiger partial charge on any atom is 0.337 e. The van der Waals surface area contributed by atoms with Crippen LogP contribution in [0.4, 0.5) is 0 Å². The Bertz CT molecular complexity index is 468. The molecule has 3 N–H and O–H groups in total. The molecule has 7 heteroatoms. The lowest BCUT2D eigenvalue weighted by Crippen LogP contribution is -2.44. The first-order chi connectivity index (χ1) is 9.58. The van der Waals surface area contributed by atoms with Crippen molar-refractivity contribution in [2.24, 2.45) is 5.73 Å². The molecule has 1 aromatic carbocycles. The topological polar surface area (TPSA) is 90.6 Å². The molecule has 6 nitrogen and oxygen atoms in total. The molecule has 0 aliphatic carbocycles. The number of hydrogen-bond donors (Lipinski definition) is 2. The van der Waals surface area contributed by atoms with E-state index in [9.17, 15) is 9.59 Å². The van der Waals surface area contributed by atoms with Crippen LogP contribution in [0.1, 0.15) is 15.9 Å². The zero-order valence-electron chi connectivity index (χ0n) is 12.1. The molecule has 0 bridgehead atoms. The van der Waals surface area contributed by atoms with Gasteiger partial charge < -0.3 is 20.5 Å². The molecule has 0 aliphatic rings. The number of benzene rings is 1. The molecule has 0 saturated carbocycles. The van der Waals surface area contributed by atoms with Crippen LogP contribution in [0.25, 0.3) is 0 Å². The van der Waals surface area contributed by atoms with Crippen LogP contribution in [0.3, 0.4) is 0 Å². The van der Waals surface area contributed by atoms with Gasteiger partial charge in [0.1, 0.15) is 6.04 Å². The second-order valence-electron chi connectivity index (χ2n) is 4.29. The van der Waals surface area contributed by atoms with Crippen molar-refractivity contribution >= 4 is 24.3 Å². The number of nitrogens with two attached hydrogens (primary N) is 1. The summed E-state index contributed by atoms with van der Waals surface area (Å²) >= 11 is 0. The van der Waals surface area contributed by atoms with E-state index in [1.165, 1.54) is 14.2 Å². The molecule has 0 fully saturated rings. The first kappa shape index (κ1) is 19.4. The highest BCUT2D eigenvalue weighted by molar-refractivity contribution is 5.89. The predicted octanol–water partition coefficient (Wildman–Crippen LogP) is 0.527. The van der Waals surface area contributed by atoms with Crippen molar-refractivity contribution in [2.45, 2.75) is 12.5 Å². The van der Waals surface area contributed by atoms with Gasteiger partial charge >= 0.3 is 5.97 Å². The number of methoxy groups -OCH3 is 2. The first-order valence-corrected chi connectivity index (χ1v) is 6.28. The molecule has 1 rings (SSSR count). The van der Waals surface area contributed by atoms with E-state index in [0.717, 1.165) is 5.56 Å². The minimum atomic E-state index is -0.665. The molecule has 118 valence electrons. The third kappa shape index (κ3) is 6.57. The van der Waals surface area contributed by atoms with Gasteiger partial charge in [0.25, 0.3) is 0 Å². The number of halogens is 1. The minimum absolute atomic E-state index is 0. The van der Waals surface area contributed by atoms with Crippen LogP contribution in [0.2, 0.25) is 0 Å². The highest BCUT2D eigenvalue weighted by Gasteiger charge is 2.12. The zero-order valence-corrected chi connectivity index (χ0v) is 12.9. The quantitative estimate of drug-likeness (QED) is 0.716. The average Bonchev–Trinajstić information content (AvgIpc) is 2.46. The highest BCUT2D eigenvalue weighted by Crippen LogP contribution is 2.07. The molecule has 0 aliphatic heterocycles. The van der Waals surface area contributed by atoms with Gasteiger partial charge in [0.2, 0.25) is 5.91 Å². The summed E-state index contributed by atoms with van der Waals surface area (Å²) in [5.74, 6) is -0.631.